The van der Waals surface area contributed by atoms with Crippen LogP contribution in [-0.4, -0.2) is 85.1 Å². The Morgan fingerprint density at radius 1 is 1.06 bits per heavy atom. The first kappa shape index (κ1) is 24.1. The first-order chi connectivity index (χ1) is 17.7. The molecule has 0 aliphatic carbocycles. The lowest BCUT2D eigenvalue weighted by Gasteiger charge is -2.26. The highest BCUT2D eigenvalue weighted by Crippen LogP contribution is 2.40. The molecule has 0 bridgehead atoms. The summed E-state index contributed by atoms with van der Waals surface area (Å²) in [7, 11) is 4.74. The molecule has 12 heteroatoms. The monoisotopic (exact) mass is 511 g/mol. The molecule has 0 saturated carbocycles. The number of hydrogen-bond acceptors (Lipinski definition) is 11. The van der Waals surface area contributed by atoms with Gasteiger partial charge in [0.25, 0.3) is 0 Å². The van der Waals surface area contributed by atoms with Crippen molar-refractivity contribution >= 4 is 40.0 Å². The lowest BCUT2D eigenvalue weighted by atomic mass is 10.2. The number of morpholine rings is 1. The lowest BCUT2D eigenvalue weighted by molar-refractivity contribution is 0.0398. The van der Waals surface area contributed by atoms with E-state index in [1.807, 2.05) is 28.1 Å². The summed E-state index contributed by atoms with van der Waals surface area (Å²) in [5.74, 6) is 2.67. The van der Waals surface area contributed by atoms with Gasteiger partial charge in [0, 0.05) is 49.4 Å². The number of nitrogens with one attached hydrogen (secondary N) is 2. The molecule has 4 aromatic rings. The van der Waals surface area contributed by atoms with Crippen LogP contribution in [0.2, 0.25) is 0 Å². The van der Waals surface area contributed by atoms with Crippen LogP contribution in [0.25, 0.3) is 16.9 Å². The van der Waals surface area contributed by atoms with Gasteiger partial charge in [0.15, 0.2) is 28.5 Å². The van der Waals surface area contributed by atoms with Crippen molar-refractivity contribution in [3.8, 4) is 22.9 Å². The summed E-state index contributed by atoms with van der Waals surface area (Å²) in [5, 5.41) is 10.8. The zero-order valence-electron chi connectivity index (χ0n) is 20.5. The van der Waals surface area contributed by atoms with Crippen molar-refractivity contribution in [2.75, 3.05) is 71.4 Å². The summed E-state index contributed by atoms with van der Waals surface area (Å²) >= 11 is 1.62. The second kappa shape index (κ2) is 11.0. The second-order valence-corrected chi connectivity index (χ2v) is 8.86. The predicted octanol–water partition coefficient (Wildman–Crippen LogP) is 3.39. The van der Waals surface area contributed by atoms with Crippen LogP contribution in [0.4, 0.5) is 17.5 Å². The van der Waals surface area contributed by atoms with Gasteiger partial charge in [0.2, 0.25) is 11.7 Å². The van der Waals surface area contributed by atoms with E-state index in [9.17, 15) is 0 Å². The minimum absolute atomic E-state index is 0.419. The molecule has 1 fully saturated rings. The number of anilines is 3. The van der Waals surface area contributed by atoms with Gasteiger partial charge in [-0.3, -0.25) is 9.47 Å². The number of hydrogen-bond donors (Lipinski definition) is 2. The molecule has 36 heavy (non-hydrogen) atoms. The normalized spacial score (nSPS) is 14.1. The van der Waals surface area contributed by atoms with Crippen LogP contribution < -0.4 is 24.8 Å². The first-order valence-corrected chi connectivity index (χ1v) is 12.5. The van der Waals surface area contributed by atoms with E-state index in [2.05, 4.69) is 25.9 Å². The molecule has 1 aliphatic rings. The highest BCUT2D eigenvalue weighted by atomic mass is 32.1. The van der Waals surface area contributed by atoms with E-state index in [4.69, 9.17) is 28.9 Å². The third-order valence-corrected chi connectivity index (χ3v) is 6.60. The fourth-order valence-electron chi connectivity index (χ4n) is 4.10. The molecule has 1 aliphatic heterocycles. The molecule has 0 radical (unpaired) electrons. The maximum atomic E-state index is 5.49. The van der Waals surface area contributed by atoms with Gasteiger partial charge in [-0.1, -0.05) is 0 Å². The highest BCUT2D eigenvalue weighted by molar-refractivity contribution is 7.08. The van der Waals surface area contributed by atoms with Crippen molar-refractivity contribution in [3.63, 3.8) is 0 Å². The van der Waals surface area contributed by atoms with Gasteiger partial charge in [0.1, 0.15) is 6.33 Å². The Labute approximate surface area is 213 Å². The van der Waals surface area contributed by atoms with Gasteiger partial charge in [-0.2, -0.15) is 21.3 Å². The number of rotatable bonds is 10. The quantitative estimate of drug-likeness (QED) is 0.329. The molecule has 0 spiro atoms. The van der Waals surface area contributed by atoms with Crippen LogP contribution in [0.5, 0.6) is 17.2 Å². The molecule has 190 valence electrons. The Morgan fingerprint density at radius 3 is 2.50 bits per heavy atom. The van der Waals surface area contributed by atoms with Crippen LogP contribution in [0, 0.1) is 0 Å². The van der Waals surface area contributed by atoms with E-state index in [0.29, 0.717) is 45.9 Å². The molecule has 3 aromatic heterocycles. The zero-order chi connectivity index (χ0) is 24.9. The van der Waals surface area contributed by atoms with E-state index in [1.165, 1.54) is 0 Å². The topological polar surface area (TPSA) is 108 Å². The molecule has 5 rings (SSSR count). The van der Waals surface area contributed by atoms with Crippen molar-refractivity contribution in [2.45, 2.75) is 0 Å². The number of methoxy groups -OCH3 is 3. The molecule has 11 nitrogen and oxygen atoms in total. The highest BCUT2D eigenvalue weighted by Gasteiger charge is 2.18. The minimum Gasteiger partial charge on any atom is -0.493 e. The fraction of sp³-hybridized carbons (Fsp3) is 0.375. The molecule has 0 unspecified atom stereocenters. The van der Waals surface area contributed by atoms with E-state index in [1.54, 1.807) is 39.0 Å². The average Bonchev–Trinajstić information content (AvgIpc) is 3.59. The summed E-state index contributed by atoms with van der Waals surface area (Å²) < 4.78 is 23.8. The lowest BCUT2D eigenvalue weighted by Crippen LogP contribution is -2.39. The van der Waals surface area contributed by atoms with Crippen LogP contribution in [0.15, 0.2) is 35.3 Å². The van der Waals surface area contributed by atoms with Gasteiger partial charge in [-0.25, -0.2) is 4.98 Å². The molecular weight excluding hydrogens is 482 g/mol. The third kappa shape index (κ3) is 5.01. The molecule has 4 heterocycles. The van der Waals surface area contributed by atoms with Crippen molar-refractivity contribution < 1.29 is 18.9 Å². The van der Waals surface area contributed by atoms with Crippen LogP contribution in [0.3, 0.4) is 0 Å². The van der Waals surface area contributed by atoms with Crippen LogP contribution in [0.1, 0.15) is 0 Å². The number of benzene rings is 1. The van der Waals surface area contributed by atoms with Crippen molar-refractivity contribution in [1.29, 1.82) is 0 Å². The molecule has 2 N–H and O–H groups in total. The number of ether oxygens (including phenoxy) is 4. The zero-order valence-corrected chi connectivity index (χ0v) is 21.3. The number of thiophene rings is 1. The summed E-state index contributed by atoms with van der Waals surface area (Å²) in [4.78, 5) is 16.6. The third-order valence-electron chi connectivity index (χ3n) is 5.93. The maximum Gasteiger partial charge on any atom is 0.231 e. The largest absolute Gasteiger partial charge is 0.493 e. The fourth-order valence-corrected chi connectivity index (χ4v) is 4.73. The van der Waals surface area contributed by atoms with E-state index in [-0.39, 0.29) is 0 Å². The molecular formula is C24H29N7O4S. The van der Waals surface area contributed by atoms with E-state index < -0.39 is 0 Å². The number of aromatic nitrogens is 4. The van der Waals surface area contributed by atoms with E-state index in [0.717, 1.165) is 45.1 Å². The second-order valence-electron chi connectivity index (χ2n) is 8.08. The number of nitrogens with zero attached hydrogens (tertiary/aromatic N) is 5. The van der Waals surface area contributed by atoms with Crippen LogP contribution >= 0.6 is 11.3 Å². The Kier molecular flexibility index (Phi) is 7.35. The van der Waals surface area contributed by atoms with E-state index >= 15 is 0 Å². The summed E-state index contributed by atoms with van der Waals surface area (Å²) in [6, 6.07) is 5.67. The summed E-state index contributed by atoms with van der Waals surface area (Å²) in [6.45, 7) is 5.01. The Hall–Kier alpha value is -3.61. The smallest absolute Gasteiger partial charge is 0.231 e. The van der Waals surface area contributed by atoms with Crippen molar-refractivity contribution in [2.24, 2.45) is 0 Å². The SMILES string of the molecule is COc1cc(Nc2nc(NCCN3CCOCC3)c3ncn(-c4ccsc4)c3n2)cc(OC)c1OC. The molecule has 0 amide bonds. The first-order valence-electron chi connectivity index (χ1n) is 11.6. The molecule has 0 atom stereocenters. The Balaban J connectivity index is 1.48. The Bertz CT molecular complexity index is 1280. The van der Waals surface area contributed by atoms with Crippen LogP contribution in [-0.2, 0) is 4.74 Å². The molecule has 1 aromatic carbocycles. The minimum atomic E-state index is 0.419. The van der Waals surface area contributed by atoms with Gasteiger partial charge >= 0.3 is 0 Å². The van der Waals surface area contributed by atoms with Gasteiger partial charge in [-0.05, 0) is 11.4 Å². The van der Waals surface area contributed by atoms with Crippen molar-refractivity contribution in [1.82, 2.24) is 24.4 Å². The number of fused-ring (bicyclic) bond motifs is 1. The van der Waals surface area contributed by atoms with Gasteiger partial charge in [-0.15, -0.1) is 0 Å². The summed E-state index contributed by atoms with van der Waals surface area (Å²) in [6.07, 6.45) is 1.78. The Morgan fingerprint density at radius 2 is 1.83 bits per heavy atom. The maximum absolute atomic E-state index is 5.49. The molecule has 1 saturated heterocycles. The summed E-state index contributed by atoms with van der Waals surface area (Å²) in [5.41, 5.74) is 3.11. The van der Waals surface area contributed by atoms with Gasteiger partial charge in [0.05, 0.1) is 40.2 Å². The van der Waals surface area contributed by atoms with Crippen molar-refractivity contribution in [3.05, 3.63) is 35.3 Å². The number of imidazole rings is 1. The standard InChI is InChI=1S/C24H29N7O4S/c1-32-18-12-16(13-19(33-2)21(18)34-3)27-24-28-22(25-5-6-30-7-9-35-10-8-30)20-23(29-24)31(15-26-20)17-4-11-36-14-17/h4,11-15H,5-10H2,1-3H3,(H2,25,27,28,29). The predicted molar refractivity (Wildman–Crippen MR) is 140 cm³/mol. The average molecular weight is 512 g/mol. The van der Waals surface area contributed by atoms with Gasteiger partial charge < -0.3 is 29.6 Å².